The molecule has 0 bridgehead atoms. The molecule has 0 unspecified atom stereocenters. The van der Waals surface area contributed by atoms with E-state index in [1.807, 2.05) is 54.8 Å². The van der Waals surface area contributed by atoms with Crippen molar-refractivity contribution in [3.63, 3.8) is 0 Å². The molecular weight excluding hydrogens is 292 g/mol. The molecule has 1 heterocycles. The van der Waals surface area contributed by atoms with Gasteiger partial charge in [0.2, 0.25) is 0 Å². The number of phenols is 1. The first kappa shape index (κ1) is 14.5. The number of nitrogen functional groups attached to an aromatic ring is 1. The number of nitrogens with two attached hydrogens (primary N) is 1. The number of aromatic nitrogens is 1. The van der Waals surface area contributed by atoms with Crippen LogP contribution in [0.2, 0.25) is 0 Å². The van der Waals surface area contributed by atoms with Crippen LogP contribution in [0.15, 0.2) is 65.6 Å². The number of pyridine rings is 1. The standard InChI is InChI=1S/C18H16N2OS/c1-22-16-11-14(13-9-5-6-10-15(13)21)20-18(19)17(16)12-7-3-2-4-8-12/h2-11,21H,1H3,(H2,19,20). The molecule has 0 radical (unpaired) electrons. The number of para-hydroxylation sites is 1. The van der Waals surface area contributed by atoms with Crippen molar-refractivity contribution < 1.29 is 5.11 Å². The van der Waals surface area contributed by atoms with Crippen LogP contribution < -0.4 is 5.73 Å². The predicted molar refractivity (Wildman–Crippen MR) is 93.0 cm³/mol. The fourth-order valence-electron chi connectivity index (χ4n) is 2.42. The fourth-order valence-corrected chi connectivity index (χ4v) is 3.08. The first-order chi connectivity index (χ1) is 10.7. The van der Waals surface area contributed by atoms with E-state index < -0.39 is 0 Å². The second-order valence-electron chi connectivity index (χ2n) is 4.85. The second kappa shape index (κ2) is 6.12. The van der Waals surface area contributed by atoms with Gasteiger partial charge in [0.1, 0.15) is 11.6 Å². The van der Waals surface area contributed by atoms with Crippen LogP contribution in [-0.4, -0.2) is 16.3 Å². The molecule has 22 heavy (non-hydrogen) atoms. The maximum atomic E-state index is 10.0. The van der Waals surface area contributed by atoms with Gasteiger partial charge in [0, 0.05) is 16.0 Å². The number of hydrogen-bond acceptors (Lipinski definition) is 4. The van der Waals surface area contributed by atoms with Gasteiger partial charge in [-0.05, 0) is 30.0 Å². The molecule has 3 nitrogen and oxygen atoms in total. The Bertz CT molecular complexity index is 803. The van der Waals surface area contributed by atoms with Crippen molar-refractivity contribution >= 4 is 17.6 Å². The number of aromatic hydroxyl groups is 1. The van der Waals surface area contributed by atoms with E-state index in [2.05, 4.69) is 4.98 Å². The van der Waals surface area contributed by atoms with Gasteiger partial charge in [-0.25, -0.2) is 4.98 Å². The minimum Gasteiger partial charge on any atom is -0.507 e. The number of benzene rings is 2. The largest absolute Gasteiger partial charge is 0.507 e. The Labute approximate surface area is 133 Å². The zero-order valence-corrected chi connectivity index (χ0v) is 13.0. The zero-order valence-electron chi connectivity index (χ0n) is 12.2. The summed E-state index contributed by atoms with van der Waals surface area (Å²) in [6.07, 6.45) is 2.01. The van der Waals surface area contributed by atoms with Crippen LogP contribution >= 0.6 is 11.8 Å². The first-order valence-corrected chi connectivity index (χ1v) is 8.11. The van der Waals surface area contributed by atoms with Crippen LogP contribution in [0, 0.1) is 0 Å². The van der Waals surface area contributed by atoms with Crippen LogP contribution in [0.4, 0.5) is 5.82 Å². The maximum absolute atomic E-state index is 10.0. The minimum atomic E-state index is 0.203. The highest BCUT2D eigenvalue weighted by Gasteiger charge is 2.14. The van der Waals surface area contributed by atoms with Gasteiger partial charge in [0.25, 0.3) is 0 Å². The van der Waals surface area contributed by atoms with Gasteiger partial charge in [-0.1, -0.05) is 42.5 Å². The van der Waals surface area contributed by atoms with Crippen LogP contribution in [0.25, 0.3) is 22.4 Å². The van der Waals surface area contributed by atoms with E-state index >= 15 is 0 Å². The normalized spacial score (nSPS) is 10.6. The average Bonchev–Trinajstić information content (AvgIpc) is 2.55. The first-order valence-electron chi connectivity index (χ1n) is 6.89. The number of thioether (sulfide) groups is 1. The summed E-state index contributed by atoms with van der Waals surface area (Å²) in [5.74, 6) is 0.671. The molecule has 0 aliphatic carbocycles. The number of rotatable bonds is 3. The lowest BCUT2D eigenvalue weighted by Crippen LogP contribution is -1.98. The Hall–Kier alpha value is -2.46. The summed E-state index contributed by atoms with van der Waals surface area (Å²) in [6, 6.07) is 19.1. The number of hydrogen-bond donors (Lipinski definition) is 2. The molecule has 0 fully saturated rings. The molecule has 0 aliphatic rings. The summed E-state index contributed by atoms with van der Waals surface area (Å²) in [4.78, 5) is 5.53. The molecule has 110 valence electrons. The van der Waals surface area contributed by atoms with Gasteiger partial charge < -0.3 is 10.8 Å². The Morgan fingerprint density at radius 1 is 1.00 bits per heavy atom. The molecule has 0 spiro atoms. The van der Waals surface area contributed by atoms with Gasteiger partial charge in [-0.3, -0.25) is 0 Å². The van der Waals surface area contributed by atoms with Gasteiger partial charge in [-0.2, -0.15) is 0 Å². The van der Waals surface area contributed by atoms with Gasteiger partial charge in [0.05, 0.1) is 5.69 Å². The van der Waals surface area contributed by atoms with Crippen molar-refractivity contribution in [1.82, 2.24) is 4.98 Å². The van der Waals surface area contributed by atoms with E-state index in [-0.39, 0.29) is 5.75 Å². The molecule has 3 aromatic rings. The van der Waals surface area contributed by atoms with Crippen LogP contribution in [0.5, 0.6) is 5.75 Å². The SMILES string of the molecule is CSc1cc(-c2ccccc2O)nc(N)c1-c1ccccc1. The third-order valence-electron chi connectivity index (χ3n) is 3.47. The van der Waals surface area contributed by atoms with Crippen molar-refractivity contribution in [3.05, 3.63) is 60.7 Å². The molecule has 0 saturated heterocycles. The number of nitrogens with zero attached hydrogens (tertiary/aromatic N) is 1. The molecule has 0 saturated carbocycles. The van der Waals surface area contributed by atoms with E-state index in [1.165, 1.54) is 0 Å². The lowest BCUT2D eigenvalue weighted by Gasteiger charge is -2.13. The minimum absolute atomic E-state index is 0.203. The maximum Gasteiger partial charge on any atom is 0.133 e. The number of anilines is 1. The van der Waals surface area contributed by atoms with Gasteiger partial charge in [-0.15, -0.1) is 11.8 Å². The second-order valence-corrected chi connectivity index (χ2v) is 5.70. The van der Waals surface area contributed by atoms with Crippen molar-refractivity contribution in [2.45, 2.75) is 4.90 Å². The van der Waals surface area contributed by atoms with Crippen molar-refractivity contribution in [2.24, 2.45) is 0 Å². The summed E-state index contributed by atoms with van der Waals surface area (Å²) in [5, 5.41) is 10.0. The fraction of sp³-hybridized carbons (Fsp3) is 0.0556. The van der Waals surface area contributed by atoms with Gasteiger partial charge >= 0.3 is 0 Å². The van der Waals surface area contributed by atoms with Crippen LogP contribution in [-0.2, 0) is 0 Å². The van der Waals surface area contributed by atoms with E-state index in [4.69, 9.17) is 5.73 Å². The van der Waals surface area contributed by atoms with Crippen molar-refractivity contribution in [3.8, 4) is 28.1 Å². The summed E-state index contributed by atoms with van der Waals surface area (Å²) in [5.41, 5.74) is 9.56. The summed E-state index contributed by atoms with van der Waals surface area (Å²) in [7, 11) is 0. The zero-order chi connectivity index (χ0) is 15.5. The molecule has 3 N–H and O–H groups in total. The molecular formula is C18H16N2OS. The van der Waals surface area contributed by atoms with E-state index in [0.717, 1.165) is 16.0 Å². The Kier molecular flexibility index (Phi) is 4.02. The van der Waals surface area contributed by atoms with E-state index in [9.17, 15) is 5.11 Å². The molecule has 0 amide bonds. The molecule has 4 heteroatoms. The molecule has 3 rings (SSSR count). The lowest BCUT2D eigenvalue weighted by atomic mass is 10.0. The summed E-state index contributed by atoms with van der Waals surface area (Å²) in [6.45, 7) is 0. The molecule has 0 atom stereocenters. The highest BCUT2D eigenvalue weighted by atomic mass is 32.2. The predicted octanol–water partition coefficient (Wildman–Crippen LogP) is 4.43. The number of phenolic OH excluding ortho intramolecular Hbond substituents is 1. The summed E-state index contributed by atoms with van der Waals surface area (Å²) >= 11 is 1.62. The Balaban J connectivity index is 2.19. The molecule has 1 aromatic heterocycles. The van der Waals surface area contributed by atoms with Gasteiger partial charge in [0.15, 0.2) is 0 Å². The lowest BCUT2D eigenvalue weighted by molar-refractivity contribution is 0.477. The van der Waals surface area contributed by atoms with E-state index in [1.54, 1.807) is 23.9 Å². The smallest absolute Gasteiger partial charge is 0.133 e. The highest BCUT2D eigenvalue weighted by molar-refractivity contribution is 7.98. The third kappa shape index (κ3) is 2.65. The molecule has 0 aliphatic heterocycles. The topological polar surface area (TPSA) is 59.1 Å². The van der Waals surface area contributed by atoms with Crippen molar-refractivity contribution in [1.29, 1.82) is 0 Å². The summed E-state index contributed by atoms with van der Waals surface area (Å²) < 4.78 is 0. The van der Waals surface area contributed by atoms with E-state index in [0.29, 0.717) is 17.1 Å². The van der Waals surface area contributed by atoms with Crippen LogP contribution in [0.1, 0.15) is 0 Å². The highest BCUT2D eigenvalue weighted by Crippen LogP contribution is 2.38. The Morgan fingerprint density at radius 2 is 1.68 bits per heavy atom. The third-order valence-corrected chi connectivity index (χ3v) is 4.24. The average molecular weight is 308 g/mol. The Morgan fingerprint density at radius 3 is 2.36 bits per heavy atom. The monoisotopic (exact) mass is 308 g/mol. The molecule has 2 aromatic carbocycles. The van der Waals surface area contributed by atoms with Crippen molar-refractivity contribution in [2.75, 3.05) is 12.0 Å². The van der Waals surface area contributed by atoms with Crippen LogP contribution in [0.3, 0.4) is 0 Å². The quantitative estimate of drug-likeness (QED) is 0.703.